The molecule has 0 aliphatic carbocycles. The molecule has 21 heavy (non-hydrogen) atoms. The summed E-state index contributed by atoms with van der Waals surface area (Å²) in [7, 11) is 0. The molecule has 0 aliphatic heterocycles. The zero-order chi connectivity index (χ0) is 15.4. The Morgan fingerprint density at radius 1 is 1.38 bits per heavy atom. The Bertz CT molecular complexity index is 692. The topological polar surface area (TPSA) is 97.1 Å². The molecule has 0 amide bonds. The summed E-state index contributed by atoms with van der Waals surface area (Å²) in [5, 5.41) is 11.7. The summed E-state index contributed by atoms with van der Waals surface area (Å²) in [6.07, 6.45) is 4.66. The Balaban J connectivity index is 2.11. The molecular formula is C14H16N4O3. The molecule has 110 valence electrons. The fraction of sp³-hybridized carbons (Fsp3) is 0.286. The zero-order valence-electron chi connectivity index (χ0n) is 11.8. The van der Waals surface area contributed by atoms with Gasteiger partial charge in [-0.05, 0) is 25.5 Å². The average molecular weight is 288 g/mol. The lowest BCUT2D eigenvalue weighted by atomic mass is 10.2. The van der Waals surface area contributed by atoms with Gasteiger partial charge >= 0.3 is 5.97 Å². The van der Waals surface area contributed by atoms with Gasteiger partial charge in [-0.2, -0.15) is 0 Å². The molecule has 7 heteroatoms. The maximum atomic E-state index is 12.1. The summed E-state index contributed by atoms with van der Waals surface area (Å²) < 4.78 is 1.58. The first-order valence-electron chi connectivity index (χ1n) is 6.48. The molecule has 0 saturated carbocycles. The lowest BCUT2D eigenvalue weighted by Gasteiger charge is -2.11. The van der Waals surface area contributed by atoms with Gasteiger partial charge in [-0.1, -0.05) is 6.07 Å². The number of aromatic nitrogens is 3. The third-order valence-electron chi connectivity index (χ3n) is 2.93. The highest BCUT2D eigenvalue weighted by atomic mass is 16.4. The molecular weight excluding hydrogens is 272 g/mol. The van der Waals surface area contributed by atoms with Crippen LogP contribution in [-0.4, -0.2) is 25.6 Å². The van der Waals surface area contributed by atoms with Gasteiger partial charge in [0, 0.05) is 31.2 Å². The van der Waals surface area contributed by atoms with Crippen molar-refractivity contribution in [3.05, 3.63) is 52.3 Å². The summed E-state index contributed by atoms with van der Waals surface area (Å²) >= 11 is 0. The zero-order valence-corrected chi connectivity index (χ0v) is 11.8. The summed E-state index contributed by atoms with van der Waals surface area (Å²) in [5.74, 6) is -0.812. The fourth-order valence-electron chi connectivity index (χ4n) is 1.79. The number of anilines is 1. The van der Waals surface area contributed by atoms with Crippen LogP contribution in [0.1, 0.15) is 35.9 Å². The van der Waals surface area contributed by atoms with Crippen LogP contribution < -0.4 is 10.9 Å². The standard InChI is InChI=1S/C14H16N4O3/c1-9(2)18-6-5-15-12(13(18)19)17-8-10-3-4-11(14(20)21)16-7-10/h3-7,9H,8H2,1-2H3,(H,15,17)(H,20,21). The van der Waals surface area contributed by atoms with E-state index >= 15 is 0 Å². The van der Waals surface area contributed by atoms with Crippen molar-refractivity contribution >= 4 is 11.8 Å². The number of carboxylic acids is 1. The Labute approximate surface area is 121 Å². The van der Waals surface area contributed by atoms with E-state index in [0.717, 1.165) is 5.56 Å². The number of carbonyl (C=O) groups is 1. The first kappa shape index (κ1) is 14.7. The van der Waals surface area contributed by atoms with Crippen molar-refractivity contribution in [2.24, 2.45) is 0 Å². The van der Waals surface area contributed by atoms with E-state index in [-0.39, 0.29) is 23.1 Å². The highest BCUT2D eigenvalue weighted by molar-refractivity contribution is 5.85. The van der Waals surface area contributed by atoms with Crippen LogP contribution >= 0.6 is 0 Å². The van der Waals surface area contributed by atoms with Gasteiger partial charge in [-0.15, -0.1) is 0 Å². The molecule has 0 radical (unpaired) electrons. The fourth-order valence-corrected chi connectivity index (χ4v) is 1.79. The molecule has 2 aromatic heterocycles. The third-order valence-corrected chi connectivity index (χ3v) is 2.93. The molecule has 0 saturated heterocycles. The molecule has 0 spiro atoms. The van der Waals surface area contributed by atoms with Crippen molar-refractivity contribution in [2.45, 2.75) is 26.4 Å². The summed E-state index contributed by atoms with van der Waals surface area (Å²) in [4.78, 5) is 30.7. The van der Waals surface area contributed by atoms with Crippen molar-refractivity contribution in [2.75, 3.05) is 5.32 Å². The van der Waals surface area contributed by atoms with Gasteiger partial charge < -0.3 is 15.0 Å². The second-order valence-electron chi connectivity index (χ2n) is 4.79. The summed E-state index contributed by atoms with van der Waals surface area (Å²) in [6.45, 7) is 4.18. The minimum absolute atomic E-state index is 0.0150. The van der Waals surface area contributed by atoms with Crippen LogP contribution in [0.2, 0.25) is 0 Å². The van der Waals surface area contributed by atoms with Gasteiger partial charge in [0.25, 0.3) is 5.56 Å². The van der Waals surface area contributed by atoms with Crippen LogP contribution in [0.4, 0.5) is 5.82 Å². The molecule has 0 aliphatic rings. The van der Waals surface area contributed by atoms with Gasteiger partial charge in [-0.3, -0.25) is 4.79 Å². The van der Waals surface area contributed by atoms with E-state index in [9.17, 15) is 9.59 Å². The van der Waals surface area contributed by atoms with Gasteiger partial charge in [0.1, 0.15) is 5.69 Å². The number of carboxylic acid groups (broad SMARTS) is 1. The molecule has 2 rings (SSSR count). The number of nitrogens with one attached hydrogen (secondary N) is 1. The predicted molar refractivity (Wildman–Crippen MR) is 77.4 cm³/mol. The number of nitrogens with zero attached hydrogens (tertiary/aromatic N) is 3. The Morgan fingerprint density at radius 3 is 2.71 bits per heavy atom. The average Bonchev–Trinajstić information content (AvgIpc) is 2.46. The van der Waals surface area contributed by atoms with Gasteiger partial charge in [-0.25, -0.2) is 14.8 Å². The second kappa shape index (κ2) is 6.17. The van der Waals surface area contributed by atoms with Crippen LogP contribution in [0.15, 0.2) is 35.5 Å². The number of hydrogen-bond acceptors (Lipinski definition) is 5. The van der Waals surface area contributed by atoms with E-state index in [1.807, 2.05) is 13.8 Å². The SMILES string of the molecule is CC(C)n1ccnc(NCc2ccc(C(=O)O)nc2)c1=O. The van der Waals surface area contributed by atoms with E-state index in [1.165, 1.54) is 12.3 Å². The molecule has 2 N–H and O–H groups in total. The summed E-state index contributed by atoms with van der Waals surface area (Å²) in [6, 6.07) is 3.12. The van der Waals surface area contributed by atoms with Gasteiger partial charge in [0.2, 0.25) is 0 Å². The highest BCUT2D eigenvalue weighted by Gasteiger charge is 2.07. The quantitative estimate of drug-likeness (QED) is 0.866. The van der Waals surface area contributed by atoms with E-state index < -0.39 is 5.97 Å². The van der Waals surface area contributed by atoms with E-state index in [1.54, 1.807) is 23.0 Å². The van der Waals surface area contributed by atoms with Crippen LogP contribution in [0, 0.1) is 0 Å². The lowest BCUT2D eigenvalue weighted by molar-refractivity contribution is 0.0690. The first-order valence-corrected chi connectivity index (χ1v) is 6.48. The minimum Gasteiger partial charge on any atom is -0.477 e. The molecule has 0 fully saturated rings. The molecule has 0 unspecified atom stereocenters. The van der Waals surface area contributed by atoms with E-state index in [4.69, 9.17) is 5.11 Å². The van der Waals surface area contributed by atoms with Crippen LogP contribution in [0.25, 0.3) is 0 Å². The second-order valence-corrected chi connectivity index (χ2v) is 4.79. The molecule has 2 heterocycles. The third kappa shape index (κ3) is 3.44. The van der Waals surface area contributed by atoms with Gasteiger partial charge in [0.05, 0.1) is 0 Å². The van der Waals surface area contributed by atoms with Crippen molar-refractivity contribution < 1.29 is 9.90 Å². The maximum absolute atomic E-state index is 12.1. The number of hydrogen-bond donors (Lipinski definition) is 2. The predicted octanol–water partition coefficient (Wildman–Crippen LogP) is 1.53. The van der Waals surface area contributed by atoms with E-state index in [0.29, 0.717) is 6.54 Å². The summed E-state index contributed by atoms with van der Waals surface area (Å²) in [5.41, 5.74) is 0.558. The van der Waals surface area contributed by atoms with Crippen LogP contribution in [0.3, 0.4) is 0 Å². The Kier molecular flexibility index (Phi) is 4.32. The van der Waals surface area contributed by atoms with Crippen molar-refractivity contribution in [3.8, 4) is 0 Å². The molecule has 7 nitrogen and oxygen atoms in total. The molecule has 2 aromatic rings. The molecule has 0 bridgehead atoms. The number of pyridine rings is 1. The normalized spacial score (nSPS) is 10.6. The molecule has 0 aromatic carbocycles. The van der Waals surface area contributed by atoms with Crippen LogP contribution in [0.5, 0.6) is 0 Å². The van der Waals surface area contributed by atoms with Crippen LogP contribution in [-0.2, 0) is 6.54 Å². The van der Waals surface area contributed by atoms with Crippen molar-refractivity contribution in [1.82, 2.24) is 14.5 Å². The Hall–Kier alpha value is -2.70. The number of aromatic carboxylic acids is 1. The minimum atomic E-state index is -1.07. The van der Waals surface area contributed by atoms with Crippen molar-refractivity contribution in [1.29, 1.82) is 0 Å². The molecule has 0 atom stereocenters. The first-order chi connectivity index (χ1) is 9.99. The maximum Gasteiger partial charge on any atom is 0.354 e. The largest absolute Gasteiger partial charge is 0.477 e. The van der Waals surface area contributed by atoms with E-state index in [2.05, 4.69) is 15.3 Å². The highest BCUT2D eigenvalue weighted by Crippen LogP contribution is 2.05. The number of rotatable bonds is 5. The lowest BCUT2D eigenvalue weighted by Crippen LogP contribution is -2.25. The van der Waals surface area contributed by atoms with Gasteiger partial charge in [0.15, 0.2) is 5.82 Å². The Morgan fingerprint density at radius 2 is 2.14 bits per heavy atom. The monoisotopic (exact) mass is 288 g/mol. The van der Waals surface area contributed by atoms with Crippen molar-refractivity contribution in [3.63, 3.8) is 0 Å². The smallest absolute Gasteiger partial charge is 0.354 e.